The number of hydrazine groups is 1. The normalized spacial score (nSPS) is 11.0. The molecule has 0 bridgehead atoms. The van der Waals surface area contributed by atoms with Crippen molar-refractivity contribution in [1.82, 2.24) is 20.4 Å². The number of benzene rings is 1. The van der Waals surface area contributed by atoms with Crippen LogP contribution in [0.2, 0.25) is 5.02 Å². The summed E-state index contributed by atoms with van der Waals surface area (Å²) in [7, 11) is 0. The number of nitrogens with zero attached hydrogens (tertiary/aromatic N) is 4. The maximum absolute atomic E-state index is 13.1. The molecule has 3 aromatic rings. The van der Waals surface area contributed by atoms with Crippen LogP contribution in [-0.2, 0) is 6.18 Å². The van der Waals surface area contributed by atoms with Crippen LogP contribution >= 0.6 is 11.6 Å². The van der Waals surface area contributed by atoms with Crippen molar-refractivity contribution in [3.63, 3.8) is 0 Å². The van der Waals surface area contributed by atoms with Crippen LogP contribution in [0.15, 0.2) is 49.1 Å². The lowest BCUT2D eigenvalue weighted by Gasteiger charge is -2.13. The zero-order valence-corrected chi connectivity index (χ0v) is 15.9. The maximum Gasteiger partial charge on any atom is 0.417 e. The minimum atomic E-state index is -4.73. The molecule has 0 unspecified atom stereocenters. The molecule has 1 aromatic carbocycles. The standard InChI is InChI=1S/C17H11ClF3N7O3/c18-12-4-3-10(6-11(12)17(19,20)21)25-14-13(28(30)31)15(24-8-23-14)26-27-16(29)9-2-1-5-22-7-9/h1-8H,(H,27,29)(H2,23,24,25,26). The van der Waals surface area contributed by atoms with E-state index in [1.807, 2.05) is 0 Å². The molecular formula is C17H11ClF3N7O3. The van der Waals surface area contributed by atoms with Crippen LogP contribution < -0.4 is 16.2 Å². The van der Waals surface area contributed by atoms with Gasteiger partial charge < -0.3 is 5.32 Å². The van der Waals surface area contributed by atoms with E-state index >= 15 is 0 Å². The van der Waals surface area contributed by atoms with E-state index in [-0.39, 0.29) is 11.3 Å². The molecule has 10 nitrogen and oxygen atoms in total. The summed E-state index contributed by atoms with van der Waals surface area (Å²) in [5.41, 5.74) is 2.71. The summed E-state index contributed by atoms with van der Waals surface area (Å²) in [5, 5.41) is 13.5. The summed E-state index contributed by atoms with van der Waals surface area (Å²) in [5.74, 6) is -1.46. The molecule has 2 heterocycles. The number of nitro groups is 1. The first kappa shape index (κ1) is 21.7. The van der Waals surface area contributed by atoms with Crippen LogP contribution in [-0.4, -0.2) is 25.8 Å². The number of hydrogen-bond acceptors (Lipinski definition) is 8. The lowest BCUT2D eigenvalue weighted by molar-refractivity contribution is -0.383. The summed E-state index contributed by atoms with van der Waals surface area (Å²) in [6.07, 6.45) is -1.07. The highest BCUT2D eigenvalue weighted by molar-refractivity contribution is 6.31. The first-order chi connectivity index (χ1) is 14.7. The summed E-state index contributed by atoms with van der Waals surface area (Å²) >= 11 is 5.58. The topological polar surface area (TPSA) is 135 Å². The molecule has 14 heteroatoms. The molecule has 0 radical (unpaired) electrons. The molecule has 1 amide bonds. The molecule has 0 fully saturated rings. The molecule has 0 aliphatic carbocycles. The fraction of sp³-hybridized carbons (Fsp3) is 0.0588. The van der Waals surface area contributed by atoms with E-state index in [9.17, 15) is 28.1 Å². The van der Waals surface area contributed by atoms with Gasteiger partial charge in [-0.2, -0.15) is 13.2 Å². The highest BCUT2D eigenvalue weighted by Crippen LogP contribution is 2.37. The maximum atomic E-state index is 13.1. The Balaban J connectivity index is 1.87. The van der Waals surface area contributed by atoms with Crippen LogP contribution in [0, 0.1) is 10.1 Å². The SMILES string of the molecule is O=C(NNc1ncnc(Nc2ccc(Cl)c(C(F)(F)F)c2)c1[N+](=O)[O-])c1cccnc1. The second-order valence-corrected chi connectivity index (χ2v) is 6.22. The van der Waals surface area contributed by atoms with Crippen molar-refractivity contribution in [1.29, 1.82) is 0 Å². The fourth-order valence-electron chi connectivity index (χ4n) is 2.38. The van der Waals surface area contributed by atoms with Crippen molar-refractivity contribution in [2.45, 2.75) is 6.18 Å². The van der Waals surface area contributed by atoms with Gasteiger partial charge in [-0.1, -0.05) is 11.6 Å². The van der Waals surface area contributed by atoms with E-state index in [4.69, 9.17) is 11.6 Å². The van der Waals surface area contributed by atoms with Crippen molar-refractivity contribution >= 4 is 40.5 Å². The number of hydrogen-bond donors (Lipinski definition) is 3. The van der Waals surface area contributed by atoms with Crippen molar-refractivity contribution < 1.29 is 22.9 Å². The first-order valence-electron chi connectivity index (χ1n) is 8.26. The van der Waals surface area contributed by atoms with Gasteiger partial charge in [-0.05, 0) is 30.3 Å². The average molecular weight is 454 g/mol. The Kier molecular flexibility index (Phi) is 6.15. The summed E-state index contributed by atoms with van der Waals surface area (Å²) < 4.78 is 39.2. The Hall–Kier alpha value is -4.00. The second-order valence-electron chi connectivity index (χ2n) is 5.81. The molecule has 0 aliphatic heterocycles. The summed E-state index contributed by atoms with van der Waals surface area (Å²) in [4.78, 5) is 34.0. The molecule has 0 atom stereocenters. The number of aromatic nitrogens is 3. The Morgan fingerprint density at radius 2 is 1.90 bits per heavy atom. The highest BCUT2D eigenvalue weighted by atomic mass is 35.5. The van der Waals surface area contributed by atoms with Crippen LogP contribution in [0.5, 0.6) is 0 Å². The average Bonchev–Trinajstić information content (AvgIpc) is 2.73. The van der Waals surface area contributed by atoms with Gasteiger partial charge in [-0.3, -0.25) is 30.7 Å². The molecule has 31 heavy (non-hydrogen) atoms. The van der Waals surface area contributed by atoms with E-state index < -0.39 is 44.9 Å². The monoisotopic (exact) mass is 453 g/mol. The van der Waals surface area contributed by atoms with E-state index in [1.165, 1.54) is 30.6 Å². The third kappa shape index (κ3) is 5.14. The predicted octanol–water partition coefficient (Wildman–Crippen LogP) is 3.95. The Morgan fingerprint density at radius 1 is 1.16 bits per heavy atom. The number of halogens is 4. The van der Waals surface area contributed by atoms with Gasteiger partial charge in [0.2, 0.25) is 11.6 Å². The van der Waals surface area contributed by atoms with E-state index in [1.54, 1.807) is 0 Å². The number of carbonyl (C=O) groups excluding carboxylic acids is 1. The second kappa shape index (κ2) is 8.79. The molecular weight excluding hydrogens is 443 g/mol. The molecule has 160 valence electrons. The lowest BCUT2D eigenvalue weighted by Crippen LogP contribution is -2.30. The summed E-state index contributed by atoms with van der Waals surface area (Å²) in [6.45, 7) is 0. The third-order valence-corrected chi connectivity index (χ3v) is 4.09. The lowest BCUT2D eigenvalue weighted by atomic mass is 10.2. The molecule has 0 saturated carbocycles. The predicted molar refractivity (Wildman–Crippen MR) is 104 cm³/mol. The van der Waals surface area contributed by atoms with Crippen molar-refractivity contribution in [2.75, 3.05) is 10.7 Å². The number of anilines is 3. The number of nitrogens with one attached hydrogen (secondary N) is 3. The Morgan fingerprint density at radius 3 is 2.55 bits per heavy atom. The number of carbonyl (C=O) groups is 1. The first-order valence-corrected chi connectivity index (χ1v) is 8.64. The summed E-state index contributed by atoms with van der Waals surface area (Å²) in [6, 6.07) is 5.86. The number of alkyl halides is 3. The fourth-order valence-corrected chi connectivity index (χ4v) is 2.60. The quantitative estimate of drug-likeness (QED) is 0.377. The molecule has 0 saturated heterocycles. The zero-order valence-electron chi connectivity index (χ0n) is 15.1. The molecule has 2 aromatic heterocycles. The molecule has 3 rings (SSSR count). The zero-order chi connectivity index (χ0) is 22.6. The van der Waals surface area contributed by atoms with Crippen LogP contribution in [0.25, 0.3) is 0 Å². The van der Waals surface area contributed by atoms with Gasteiger partial charge in [-0.15, -0.1) is 0 Å². The van der Waals surface area contributed by atoms with Gasteiger partial charge in [-0.25, -0.2) is 9.97 Å². The number of rotatable bonds is 6. The number of pyridine rings is 1. The van der Waals surface area contributed by atoms with Gasteiger partial charge >= 0.3 is 11.9 Å². The van der Waals surface area contributed by atoms with E-state index in [0.717, 1.165) is 12.4 Å². The van der Waals surface area contributed by atoms with Crippen molar-refractivity contribution in [3.05, 3.63) is 75.3 Å². The van der Waals surface area contributed by atoms with Gasteiger partial charge in [0.05, 0.1) is 21.1 Å². The van der Waals surface area contributed by atoms with Crippen molar-refractivity contribution in [3.8, 4) is 0 Å². The van der Waals surface area contributed by atoms with Crippen LogP contribution in [0.1, 0.15) is 15.9 Å². The Bertz CT molecular complexity index is 1130. The van der Waals surface area contributed by atoms with Gasteiger partial charge in [0, 0.05) is 18.1 Å². The van der Waals surface area contributed by atoms with Gasteiger partial charge in [0.15, 0.2) is 0 Å². The van der Waals surface area contributed by atoms with Crippen molar-refractivity contribution in [2.24, 2.45) is 0 Å². The largest absolute Gasteiger partial charge is 0.417 e. The highest BCUT2D eigenvalue weighted by Gasteiger charge is 2.33. The number of amides is 1. The van der Waals surface area contributed by atoms with Gasteiger partial charge in [0.1, 0.15) is 6.33 Å². The molecule has 3 N–H and O–H groups in total. The molecule has 0 aliphatic rings. The van der Waals surface area contributed by atoms with E-state index in [2.05, 4.69) is 31.1 Å². The van der Waals surface area contributed by atoms with E-state index in [0.29, 0.717) is 6.07 Å². The minimum absolute atomic E-state index is 0.149. The molecule has 0 spiro atoms. The third-order valence-electron chi connectivity index (χ3n) is 3.76. The van der Waals surface area contributed by atoms with Crippen LogP contribution in [0.4, 0.5) is 36.2 Å². The van der Waals surface area contributed by atoms with Gasteiger partial charge in [0.25, 0.3) is 5.91 Å². The smallest absolute Gasteiger partial charge is 0.334 e. The van der Waals surface area contributed by atoms with Crippen LogP contribution in [0.3, 0.4) is 0 Å². The Labute approximate surface area is 176 Å². The minimum Gasteiger partial charge on any atom is -0.334 e.